The summed E-state index contributed by atoms with van der Waals surface area (Å²) < 4.78 is 5.32. The Kier molecular flexibility index (Phi) is 2.76. The van der Waals surface area contributed by atoms with Gasteiger partial charge in [0, 0.05) is 12.3 Å². The van der Waals surface area contributed by atoms with E-state index in [4.69, 9.17) is 22.1 Å². The van der Waals surface area contributed by atoms with Crippen LogP contribution in [0.4, 0.5) is 5.69 Å². The third-order valence-electron chi connectivity index (χ3n) is 2.86. The second kappa shape index (κ2) is 4.44. The zero-order valence-electron chi connectivity index (χ0n) is 10.1. The van der Waals surface area contributed by atoms with Gasteiger partial charge in [-0.25, -0.2) is 4.98 Å². The molecular formula is C13H11ClN4O. The number of aromatic nitrogens is 3. The Hall–Kier alpha value is -2.27. The van der Waals surface area contributed by atoms with Crippen molar-refractivity contribution in [3.8, 4) is 17.1 Å². The first-order chi connectivity index (χ1) is 9.19. The summed E-state index contributed by atoms with van der Waals surface area (Å²) in [5.74, 6) is 1.29. The molecule has 96 valence electrons. The van der Waals surface area contributed by atoms with Crippen LogP contribution in [0.2, 0.25) is 5.02 Å². The summed E-state index contributed by atoms with van der Waals surface area (Å²) in [6, 6.07) is 5.25. The molecule has 3 aromatic rings. The number of imidazole rings is 1. The molecule has 0 saturated heterocycles. The van der Waals surface area contributed by atoms with Gasteiger partial charge in [-0.05, 0) is 12.1 Å². The number of benzene rings is 1. The number of pyridine rings is 1. The van der Waals surface area contributed by atoms with Crippen LogP contribution in [0.1, 0.15) is 0 Å². The van der Waals surface area contributed by atoms with Crippen LogP contribution in [0.15, 0.2) is 30.6 Å². The highest BCUT2D eigenvalue weighted by Gasteiger charge is 2.13. The van der Waals surface area contributed by atoms with E-state index in [0.717, 1.165) is 16.6 Å². The zero-order valence-corrected chi connectivity index (χ0v) is 10.9. The van der Waals surface area contributed by atoms with Gasteiger partial charge in [-0.2, -0.15) is 0 Å². The van der Waals surface area contributed by atoms with Crippen LogP contribution >= 0.6 is 11.6 Å². The Balaban J connectivity index is 2.22. The molecule has 0 bridgehead atoms. The van der Waals surface area contributed by atoms with Crippen molar-refractivity contribution in [3.05, 3.63) is 35.6 Å². The smallest absolute Gasteiger partial charge is 0.142 e. The molecule has 2 aromatic heterocycles. The minimum Gasteiger partial charge on any atom is -0.496 e. The summed E-state index contributed by atoms with van der Waals surface area (Å²) in [7, 11) is 1.58. The van der Waals surface area contributed by atoms with Crippen LogP contribution < -0.4 is 10.5 Å². The van der Waals surface area contributed by atoms with Gasteiger partial charge in [-0.1, -0.05) is 11.6 Å². The molecule has 6 heteroatoms. The maximum Gasteiger partial charge on any atom is 0.142 e. The van der Waals surface area contributed by atoms with E-state index in [9.17, 15) is 0 Å². The predicted molar refractivity (Wildman–Crippen MR) is 75.3 cm³/mol. The summed E-state index contributed by atoms with van der Waals surface area (Å²) in [6.45, 7) is 0. The maximum absolute atomic E-state index is 6.06. The van der Waals surface area contributed by atoms with Gasteiger partial charge in [-0.15, -0.1) is 0 Å². The summed E-state index contributed by atoms with van der Waals surface area (Å²) in [4.78, 5) is 11.7. The fourth-order valence-corrected chi connectivity index (χ4v) is 2.07. The molecule has 0 unspecified atom stereocenters. The average Bonchev–Trinajstić information content (AvgIpc) is 2.85. The van der Waals surface area contributed by atoms with Crippen molar-refractivity contribution in [2.24, 2.45) is 0 Å². The molecule has 3 rings (SSSR count). The summed E-state index contributed by atoms with van der Waals surface area (Å²) >= 11 is 6.06. The number of hydrogen-bond donors (Lipinski definition) is 2. The van der Waals surface area contributed by atoms with Crippen LogP contribution in [0.25, 0.3) is 22.4 Å². The summed E-state index contributed by atoms with van der Waals surface area (Å²) in [5.41, 5.74) is 8.69. The first kappa shape index (κ1) is 11.8. The lowest BCUT2D eigenvalue weighted by Gasteiger charge is -2.08. The quantitative estimate of drug-likeness (QED) is 0.705. The van der Waals surface area contributed by atoms with Gasteiger partial charge in [0.25, 0.3) is 0 Å². The van der Waals surface area contributed by atoms with Crippen LogP contribution in [0, 0.1) is 0 Å². The Morgan fingerprint density at radius 2 is 2.21 bits per heavy atom. The van der Waals surface area contributed by atoms with Crippen molar-refractivity contribution in [1.82, 2.24) is 15.0 Å². The topological polar surface area (TPSA) is 76.8 Å². The number of nitrogen functional groups attached to an aromatic ring is 1. The third-order valence-corrected chi connectivity index (χ3v) is 3.18. The van der Waals surface area contributed by atoms with Crippen molar-refractivity contribution in [3.63, 3.8) is 0 Å². The molecule has 0 radical (unpaired) electrons. The molecule has 0 spiro atoms. The number of nitrogens with two attached hydrogens (primary N) is 1. The molecule has 0 saturated carbocycles. The molecule has 2 heterocycles. The van der Waals surface area contributed by atoms with Crippen LogP contribution in [-0.4, -0.2) is 22.1 Å². The lowest BCUT2D eigenvalue weighted by Crippen LogP contribution is -1.93. The Labute approximate surface area is 114 Å². The fourth-order valence-electron chi connectivity index (χ4n) is 1.91. The Bertz CT molecular complexity index is 720. The van der Waals surface area contributed by atoms with E-state index in [1.54, 1.807) is 31.6 Å². The van der Waals surface area contributed by atoms with E-state index in [-0.39, 0.29) is 0 Å². The highest BCUT2D eigenvalue weighted by Crippen LogP contribution is 2.35. The van der Waals surface area contributed by atoms with Crippen molar-refractivity contribution in [2.45, 2.75) is 0 Å². The molecule has 0 amide bonds. The third kappa shape index (κ3) is 1.98. The van der Waals surface area contributed by atoms with Gasteiger partial charge in [0.1, 0.15) is 11.6 Å². The van der Waals surface area contributed by atoms with Crippen molar-refractivity contribution < 1.29 is 4.74 Å². The molecule has 0 aliphatic heterocycles. The number of methoxy groups -OCH3 is 1. The number of H-pyrrole nitrogens is 1. The maximum atomic E-state index is 6.06. The molecule has 3 N–H and O–H groups in total. The molecule has 19 heavy (non-hydrogen) atoms. The van der Waals surface area contributed by atoms with E-state index in [1.165, 1.54) is 0 Å². The second-order valence-electron chi connectivity index (χ2n) is 4.05. The standard InChI is InChI=1S/C13H11ClN4O/c1-19-12-5-9(15)8(14)4-7(12)13-17-10-2-3-16-6-11(10)18-13/h2-6H,15H2,1H3,(H,17,18). The van der Waals surface area contributed by atoms with Crippen molar-refractivity contribution in [1.29, 1.82) is 0 Å². The van der Waals surface area contributed by atoms with Crippen LogP contribution in [0.5, 0.6) is 5.75 Å². The largest absolute Gasteiger partial charge is 0.496 e. The lowest BCUT2D eigenvalue weighted by molar-refractivity contribution is 0.416. The monoisotopic (exact) mass is 274 g/mol. The lowest BCUT2D eigenvalue weighted by atomic mass is 10.1. The van der Waals surface area contributed by atoms with E-state index < -0.39 is 0 Å². The van der Waals surface area contributed by atoms with Crippen LogP contribution in [0.3, 0.4) is 0 Å². The Morgan fingerprint density at radius 1 is 1.37 bits per heavy atom. The van der Waals surface area contributed by atoms with E-state index in [2.05, 4.69) is 15.0 Å². The number of fused-ring (bicyclic) bond motifs is 1. The van der Waals surface area contributed by atoms with Gasteiger partial charge >= 0.3 is 0 Å². The van der Waals surface area contributed by atoms with Crippen molar-refractivity contribution >= 4 is 28.3 Å². The predicted octanol–water partition coefficient (Wildman–Crippen LogP) is 2.87. The first-order valence-corrected chi connectivity index (χ1v) is 6.00. The molecular weight excluding hydrogens is 264 g/mol. The molecule has 0 fully saturated rings. The van der Waals surface area contributed by atoms with E-state index >= 15 is 0 Å². The number of nitrogens with one attached hydrogen (secondary N) is 1. The number of ether oxygens (including phenoxy) is 1. The molecule has 0 aliphatic carbocycles. The molecule has 1 aromatic carbocycles. The Morgan fingerprint density at radius 3 is 2.95 bits per heavy atom. The minimum atomic E-state index is 0.467. The zero-order chi connectivity index (χ0) is 13.4. The van der Waals surface area contributed by atoms with E-state index in [0.29, 0.717) is 22.3 Å². The number of halogens is 1. The highest BCUT2D eigenvalue weighted by molar-refractivity contribution is 6.33. The highest BCUT2D eigenvalue weighted by atomic mass is 35.5. The average molecular weight is 275 g/mol. The number of rotatable bonds is 2. The van der Waals surface area contributed by atoms with Crippen LogP contribution in [-0.2, 0) is 0 Å². The molecule has 5 nitrogen and oxygen atoms in total. The van der Waals surface area contributed by atoms with Gasteiger partial charge in [-0.3, -0.25) is 4.98 Å². The van der Waals surface area contributed by atoms with E-state index in [1.807, 2.05) is 6.07 Å². The van der Waals surface area contributed by atoms with Gasteiger partial charge in [0.05, 0.1) is 40.6 Å². The van der Waals surface area contributed by atoms with Gasteiger partial charge < -0.3 is 15.5 Å². The number of anilines is 1. The summed E-state index contributed by atoms with van der Waals surface area (Å²) in [5, 5.41) is 0.467. The normalized spacial score (nSPS) is 10.8. The summed E-state index contributed by atoms with van der Waals surface area (Å²) in [6.07, 6.45) is 3.41. The fraction of sp³-hybridized carbons (Fsp3) is 0.0769. The SMILES string of the molecule is COc1cc(N)c(Cl)cc1-c1nc2ccncc2[nH]1. The molecule has 0 atom stereocenters. The molecule has 0 aliphatic rings. The number of aromatic amines is 1. The first-order valence-electron chi connectivity index (χ1n) is 5.62. The van der Waals surface area contributed by atoms with Gasteiger partial charge in [0.15, 0.2) is 0 Å². The van der Waals surface area contributed by atoms with Crippen molar-refractivity contribution in [2.75, 3.05) is 12.8 Å². The van der Waals surface area contributed by atoms with Gasteiger partial charge in [0.2, 0.25) is 0 Å². The number of nitrogens with zero attached hydrogens (tertiary/aromatic N) is 2. The number of hydrogen-bond acceptors (Lipinski definition) is 4. The second-order valence-corrected chi connectivity index (χ2v) is 4.46. The minimum absolute atomic E-state index is 0.467.